The number of rotatable bonds is 9. The molecule has 0 amide bonds. The zero-order valence-corrected chi connectivity index (χ0v) is 19.5. The number of aliphatic imine (C=N–C) groups is 1. The highest BCUT2D eigenvalue weighted by atomic mass is 127. The Bertz CT molecular complexity index is 721. The topological polar surface area (TPSA) is 54.9 Å². The fraction of sp³-hybridized carbons (Fsp3) is 0.409. The molecule has 2 aromatic rings. The van der Waals surface area contributed by atoms with E-state index in [0.717, 1.165) is 23.8 Å². The van der Waals surface area contributed by atoms with Crippen LogP contribution in [-0.4, -0.2) is 39.9 Å². The van der Waals surface area contributed by atoms with Crippen LogP contribution < -0.4 is 15.4 Å². The van der Waals surface area contributed by atoms with Gasteiger partial charge >= 0.3 is 0 Å². The second-order valence-electron chi connectivity index (χ2n) is 7.02. The van der Waals surface area contributed by atoms with E-state index in [0.29, 0.717) is 19.8 Å². The summed E-state index contributed by atoms with van der Waals surface area (Å²) in [6.07, 6.45) is 0. The minimum atomic E-state index is 0. The van der Waals surface area contributed by atoms with Gasteiger partial charge in [-0.1, -0.05) is 56.3 Å². The molecule has 0 aromatic heterocycles. The Morgan fingerprint density at radius 3 is 2.43 bits per heavy atom. The Kier molecular flexibility index (Phi) is 10.9. The molecule has 0 spiro atoms. The third-order valence-electron chi connectivity index (χ3n) is 4.39. The van der Waals surface area contributed by atoms with Crippen LogP contribution in [0.4, 0.5) is 0 Å². The van der Waals surface area contributed by atoms with E-state index >= 15 is 0 Å². The predicted molar refractivity (Wildman–Crippen MR) is 127 cm³/mol. The number of methoxy groups -OCH3 is 1. The molecule has 2 N–H and O–H groups in total. The summed E-state index contributed by atoms with van der Waals surface area (Å²) in [5.74, 6) is 1.63. The maximum absolute atomic E-state index is 5.66. The first-order valence-electron chi connectivity index (χ1n) is 9.26. The lowest BCUT2D eigenvalue weighted by molar-refractivity contribution is 0.146. The van der Waals surface area contributed by atoms with Crippen LogP contribution in [0, 0.1) is 0 Å². The Morgan fingerprint density at radius 2 is 1.75 bits per heavy atom. The van der Waals surface area contributed by atoms with E-state index in [1.807, 2.05) is 24.3 Å². The Hall–Kier alpha value is -1.80. The van der Waals surface area contributed by atoms with Gasteiger partial charge in [0.05, 0.1) is 6.61 Å². The monoisotopic (exact) mass is 497 g/mol. The first-order valence-corrected chi connectivity index (χ1v) is 9.26. The van der Waals surface area contributed by atoms with Crippen molar-refractivity contribution in [2.24, 2.45) is 4.99 Å². The summed E-state index contributed by atoms with van der Waals surface area (Å²) in [4.78, 5) is 4.33. The van der Waals surface area contributed by atoms with E-state index in [1.165, 1.54) is 5.56 Å². The highest BCUT2D eigenvalue weighted by molar-refractivity contribution is 14.0. The van der Waals surface area contributed by atoms with Gasteiger partial charge in [-0.2, -0.15) is 0 Å². The minimum Gasteiger partial charge on any atom is -0.491 e. The van der Waals surface area contributed by atoms with Gasteiger partial charge in [0.15, 0.2) is 5.96 Å². The van der Waals surface area contributed by atoms with Gasteiger partial charge < -0.3 is 20.1 Å². The minimum absolute atomic E-state index is 0. The van der Waals surface area contributed by atoms with Crippen LogP contribution >= 0.6 is 24.0 Å². The SMILES string of the molecule is CN=C(NCc1cccc(OCCOC)c1)NCC(C)(C)c1ccccc1.I. The van der Waals surface area contributed by atoms with Gasteiger partial charge in [0.25, 0.3) is 0 Å². The summed E-state index contributed by atoms with van der Waals surface area (Å²) in [6.45, 7) is 7.04. The fourth-order valence-electron chi connectivity index (χ4n) is 2.69. The van der Waals surface area contributed by atoms with E-state index < -0.39 is 0 Å². The van der Waals surface area contributed by atoms with Crippen LogP contribution in [-0.2, 0) is 16.7 Å². The van der Waals surface area contributed by atoms with Crippen LogP contribution in [0.25, 0.3) is 0 Å². The quantitative estimate of drug-likeness (QED) is 0.238. The molecule has 0 saturated carbocycles. The standard InChI is InChI=1S/C22H31N3O2.HI/c1-22(2,19-10-6-5-7-11-19)17-25-21(23-3)24-16-18-9-8-12-20(15-18)27-14-13-26-4;/h5-12,15H,13-14,16-17H2,1-4H3,(H2,23,24,25);1H. The summed E-state index contributed by atoms with van der Waals surface area (Å²) in [7, 11) is 3.45. The molecule has 0 heterocycles. The molecule has 0 atom stereocenters. The van der Waals surface area contributed by atoms with Crippen molar-refractivity contribution in [3.8, 4) is 5.75 Å². The van der Waals surface area contributed by atoms with Gasteiger partial charge in [-0.3, -0.25) is 4.99 Å². The molecule has 6 heteroatoms. The molecule has 28 heavy (non-hydrogen) atoms. The molecular weight excluding hydrogens is 465 g/mol. The highest BCUT2D eigenvalue weighted by Gasteiger charge is 2.20. The molecule has 0 radical (unpaired) electrons. The Labute approximate surface area is 186 Å². The van der Waals surface area contributed by atoms with Crippen LogP contribution in [0.3, 0.4) is 0 Å². The van der Waals surface area contributed by atoms with E-state index in [9.17, 15) is 0 Å². The van der Waals surface area contributed by atoms with Gasteiger partial charge in [0.1, 0.15) is 12.4 Å². The van der Waals surface area contributed by atoms with Gasteiger partial charge in [0, 0.05) is 32.7 Å². The maximum Gasteiger partial charge on any atom is 0.191 e. The van der Waals surface area contributed by atoms with Crippen molar-refractivity contribution in [2.45, 2.75) is 25.8 Å². The zero-order chi connectivity index (χ0) is 19.5. The van der Waals surface area contributed by atoms with Crippen molar-refractivity contribution in [1.29, 1.82) is 0 Å². The molecular formula is C22H32IN3O2. The number of hydrogen-bond acceptors (Lipinski definition) is 3. The summed E-state index contributed by atoms with van der Waals surface area (Å²) < 4.78 is 10.7. The first kappa shape index (κ1) is 24.2. The van der Waals surface area contributed by atoms with Crippen LogP contribution in [0.15, 0.2) is 59.6 Å². The molecule has 2 aromatic carbocycles. The second-order valence-corrected chi connectivity index (χ2v) is 7.02. The van der Waals surface area contributed by atoms with Crippen molar-refractivity contribution in [3.63, 3.8) is 0 Å². The lowest BCUT2D eigenvalue weighted by Crippen LogP contribution is -2.43. The number of nitrogens with zero attached hydrogens (tertiary/aromatic N) is 1. The lowest BCUT2D eigenvalue weighted by atomic mass is 9.85. The van der Waals surface area contributed by atoms with Crippen LogP contribution in [0.1, 0.15) is 25.0 Å². The number of halogens is 1. The first-order chi connectivity index (χ1) is 13.0. The molecule has 0 bridgehead atoms. The van der Waals surface area contributed by atoms with Crippen molar-refractivity contribution in [2.75, 3.05) is 33.9 Å². The number of ether oxygens (including phenoxy) is 2. The summed E-state index contributed by atoms with van der Waals surface area (Å²) in [5.41, 5.74) is 2.44. The molecule has 5 nitrogen and oxygen atoms in total. The summed E-state index contributed by atoms with van der Waals surface area (Å²) >= 11 is 0. The molecule has 0 aliphatic carbocycles. The number of guanidine groups is 1. The second kappa shape index (κ2) is 12.6. The molecule has 154 valence electrons. The highest BCUT2D eigenvalue weighted by Crippen LogP contribution is 2.21. The number of hydrogen-bond donors (Lipinski definition) is 2. The van der Waals surface area contributed by atoms with Crippen LogP contribution in [0.5, 0.6) is 5.75 Å². The van der Waals surface area contributed by atoms with Crippen LogP contribution in [0.2, 0.25) is 0 Å². The number of benzene rings is 2. The third-order valence-corrected chi connectivity index (χ3v) is 4.39. The van der Waals surface area contributed by atoms with Crippen molar-refractivity contribution < 1.29 is 9.47 Å². The average molecular weight is 497 g/mol. The summed E-state index contributed by atoms with van der Waals surface area (Å²) in [6, 6.07) is 18.6. The third kappa shape index (κ3) is 8.06. The van der Waals surface area contributed by atoms with Gasteiger partial charge in [-0.05, 0) is 23.3 Å². The largest absolute Gasteiger partial charge is 0.491 e. The van der Waals surface area contributed by atoms with Crippen molar-refractivity contribution in [3.05, 3.63) is 65.7 Å². The van der Waals surface area contributed by atoms with E-state index in [1.54, 1.807) is 14.2 Å². The van der Waals surface area contributed by atoms with E-state index in [2.05, 4.69) is 59.8 Å². The molecule has 0 unspecified atom stereocenters. The average Bonchev–Trinajstić information content (AvgIpc) is 2.69. The lowest BCUT2D eigenvalue weighted by Gasteiger charge is -2.26. The van der Waals surface area contributed by atoms with Crippen molar-refractivity contribution in [1.82, 2.24) is 10.6 Å². The van der Waals surface area contributed by atoms with Crippen molar-refractivity contribution >= 4 is 29.9 Å². The van der Waals surface area contributed by atoms with Gasteiger partial charge in [0.2, 0.25) is 0 Å². The van der Waals surface area contributed by atoms with E-state index in [-0.39, 0.29) is 29.4 Å². The molecule has 0 saturated heterocycles. The van der Waals surface area contributed by atoms with E-state index in [4.69, 9.17) is 9.47 Å². The molecule has 0 aliphatic heterocycles. The zero-order valence-electron chi connectivity index (χ0n) is 17.2. The predicted octanol–water partition coefficient (Wildman–Crippen LogP) is 3.97. The summed E-state index contributed by atoms with van der Waals surface area (Å²) in [5, 5.41) is 6.79. The molecule has 0 aliphatic rings. The molecule has 0 fully saturated rings. The maximum atomic E-state index is 5.66. The Balaban J connectivity index is 0.00000392. The number of nitrogens with one attached hydrogen (secondary N) is 2. The smallest absolute Gasteiger partial charge is 0.191 e. The Morgan fingerprint density at radius 1 is 1.00 bits per heavy atom. The normalized spacial score (nSPS) is 11.5. The van der Waals surface area contributed by atoms with Gasteiger partial charge in [-0.25, -0.2) is 0 Å². The molecule has 2 rings (SSSR count). The van der Waals surface area contributed by atoms with Gasteiger partial charge in [-0.15, -0.1) is 24.0 Å². The fourth-order valence-corrected chi connectivity index (χ4v) is 2.69.